The number of ether oxygens (including phenoxy) is 1. The van der Waals surface area contributed by atoms with Crippen LogP contribution in [0, 0.1) is 0 Å². The number of fused-ring (bicyclic) bond motifs is 1. The molecule has 1 heterocycles. The lowest BCUT2D eigenvalue weighted by atomic mass is 10.1. The lowest BCUT2D eigenvalue weighted by molar-refractivity contribution is -0.122. The fraction of sp³-hybridized carbons (Fsp3) is 0.222. The van der Waals surface area contributed by atoms with E-state index in [4.69, 9.17) is 9.15 Å². The highest BCUT2D eigenvalue weighted by molar-refractivity contribution is 5.79. The summed E-state index contributed by atoms with van der Waals surface area (Å²) < 4.78 is 11.8. The SMILES string of the molecule is COc1ccccc1C(C)NC(=O)Cn1c(=O)oc2ccccc21. The van der Waals surface area contributed by atoms with Crippen LogP contribution in [0.1, 0.15) is 18.5 Å². The second kappa shape index (κ2) is 6.62. The van der Waals surface area contributed by atoms with Crippen molar-refractivity contribution in [3.63, 3.8) is 0 Å². The van der Waals surface area contributed by atoms with E-state index in [1.807, 2.05) is 31.2 Å². The normalized spacial score (nSPS) is 12.1. The van der Waals surface area contributed by atoms with E-state index in [9.17, 15) is 9.59 Å². The van der Waals surface area contributed by atoms with Crippen LogP contribution in [0.15, 0.2) is 57.7 Å². The van der Waals surface area contributed by atoms with Gasteiger partial charge in [-0.2, -0.15) is 0 Å². The maximum atomic E-state index is 12.3. The first-order chi connectivity index (χ1) is 11.6. The molecular formula is C18H18N2O4. The summed E-state index contributed by atoms with van der Waals surface area (Å²) in [6.45, 7) is 1.77. The number of para-hydroxylation sites is 3. The summed E-state index contributed by atoms with van der Waals surface area (Å²) in [6.07, 6.45) is 0. The van der Waals surface area contributed by atoms with Gasteiger partial charge in [0.25, 0.3) is 0 Å². The molecule has 3 rings (SSSR count). The first-order valence-electron chi connectivity index (χ1n) is 7.61. The highest BCUT2D eigenvalue weighted by atomic mass is 16.5. The van der Waals surface area contributed by atoms with E-state index in [0.29, 0.717) is 16.8 Å². The number of carbonyl (C=O) groups excluding carboxylic acids is 1. The van der Waals surface area contributed by atoms with Crippen LogP contribution in [0.2, 0.25) is 0 Å². The average Bonchev–Trinajstić information content (AvgIpc) is 2.90. The van der Waals surface area contributed by atoms with E-state index < -0.39 is 5.76 Å². The Morgan fingerprint density at radius 1 is 1.21 bits per heavy atom. The number of oxazole rings is 1. The Morgan fingerprint density at radius 2 is 1.92 bits per heavy atom. The molecule has 0 spiro atoms. The van der Waals surface area contributed by atoms with Gasteiger partial charge in [0.1, 0.15) is 12.3 Å². The van der Waals surface area contributed by atoms with Gasteiger partial charge in [-0.25, -0.2) is 4.79 Å². The Balaban J connectivity index is 1.78. The minimum atomic E-state index is -0.545. The number of carbonyl (C=O) groups is 1. The van der Waals surface area contributed by atoms with Crippen molar-refractivity contribution in [1.82, 2.24) is 9.88 Å². The number of aromatic nitrogens is 1. The second-order valence-corrected chi connectivity index (χ2v) is 5.45. The third-order valence-corrected chi connectivity index (χ3v) is 3.86. The quantitative estimate of drug-likeness (QED) is 0.782. The van der Waals surface area contributed by atoms with Gasteiger partial charge < -0.3 is 14.5 Å². The summed E-state index contributed by atoms with van der Waals surface area (Å²) in [5.41, 5.74) is 1.94. The zero-order chi connectivity index (χ0) is 17.1. The van der Waals surface area contributed by atoms with Gasteiger partial charge in [-0.05, 0) is 25.1 Å². The molecule has 0 fully saturated rings. The smallest absolute Gasteiger partial charge is 0.420 e. The standard InChI is InChI=1S/C18H18N2O4/c1-12(13-7-3-5-9-15(13)23-2)19-17(21)11-20-14-8-4-6-10-16(14)24-18(20)22/h3-10,12H,11H2,1-2H3,(H,19,21). The second-order valence-electron chi connectivity index (χ2n) is 5.45. The number of amides is 1. The number of benzene rings is 2. The maximum Gasteiger partial charge on any atom is 0.420 e. The van der Waals surface area contributed by atoms with Crippen LogP contribution in [0.5, 0.6) is 5.75 Å². The van der Waals surface area contributed by atoms with Crippen molar-refractivity contribution in [3.05, 3.63) is 64.6 Å². The van der Waals surface area contributed by atoms with Crippen LogP contribution in [-0.4, -0.2) is 17.6 Å². The highest BCUT2D eigenvalue weighted by Crippen LogP contribution is 2.24. The molecule has 124 valence electrons. The Kier molecular flexibility index (Phi) is 4.37. The highest BCUT2D eigenvalue weighted by Gasteiger charge is 2.16. The largest absolute Gasteiger partial charge is 0.496 e. The van der Waals surface area contributed by atoms with Crippen molar-refractivity contribution >= 4 is 17.0 Å². The molecule has 2 aromatic carbocycles. The van der Waals surface area contributed by atoms with Crippen molar-refractivity contribution in [1.29, 1.82) is 0 Å². The van der Waals surface area contributed by atoms with E-state index in [2.05, 4.69) is 5.32 Å². The molecule has 0 saturated heterocycles. The minimum absolute atomic E-state index is 0.102. The molecular weight excluding hydrogens is 308 g/mol. The van der Waals surface area contributed by atoms with Gasteiger partial charge in [0, 0.05) is 5.56 Å². The molecule has 1 N–H and O–H groups in total. The number of methoxy groups -OCH3 is 1. The van der Waals surface area contributed by atoms with Gasteiger partial charge in [0.05, 0.1) is 18.7 Å². The molecule has 0 aliphatic heterocycles. The molecule has 1 atom stereocenters. The van der Waals surface area contributed by atoms with Gasteiger partial charge in [-0.1, -0.05) is 30.3 Å². The molecule has 1 unspecified atom stereocenters. The van der Waals surface area contributed by atoms with Crippen molar-refractivity contribution in [3.8, 4) is 5.75 Å². The predicted octanol–water partition coefficient (Wildman–Crippen LogP) is 2.48. The molecule has 0 radical (unpaired) electrons. The zero-order valence-electron chi connectivity index (χ0n) is 13.5. The van der Waals surface area contributed by atoms with Crippen LogP contribution in [0.3, 0.4) is 0 Å². The number of rotatable bonds is 5. The van der Waals surface area contributed by atoms with Crippen LogP contribution >= 0.6 is 0 Å². The molecule has 6 heteroatoms. The van der Waals surface area contributed by atoms with Gasteiger partial charge in [-0.3, -0.25) is 9.36 Å². The zero-order valence-corrected chi connectivity index (χ0v) is 13.5. The first-order valence-corrected chi connectivity index (χ1v) is 7.61. The molecule has 0 saturated carbocycles. The molecule has 6 nitrogen and oxygen atoms in total. The molecule has 0 bridgehead atoms. The van der Waals surface area contributed by atoms with Crippen molar-refractivity contribution < 1.29 is 13.9 Å². The van der Waals surface area contributed by atoms with Crippen LogP contribution < -0.4 is 15.8 Å². The topological polar surface area (TPSA) is 73.5 Å². The molecule has 1 aromatic heterocycles. The Bertz CT molecular complexity index is 926. The molecule has 1 amide bonds. The van der Waals surface area contributed by atoms with E-state index in [1.54, 1.807) is 31.4 Å². The van der Waals surface area contributed by atoms with Crippen molar-refractivity contribution in [2.45, 2.75) is 19.5 Å². The van der Waals surface area contributed by atoms with Gasteiger partial charge >= 0.3 is 5.76 Å². The first kappa shape index (κ1) is 15.9. The van der Waals surface area contributed by atoms with Gasteiger partial charge in [-0.15, -0.1) is 0 Å². The summed E-state index contributed by atoms with van der Waals surface area (Å²) >= 11 is 0. The van der Waals surface area contributed by atoms with E-state index >= 15 is 0 Å². The maximum absolute atomic E-state index is 12.3. The monoisotopic (exact) mass is 326 g/mol. The third kappa shape index (κ3) is 3.03. The van der Waals surface area contributed by atoms with E-state index in [0.717, 1.165) is 5.56 Å². The Morgan fingerprint density at radius 3 is 2.71 bits per heavy atom. The minimum Gasteiger partial charge on any atom is -0.496 e. The molecule has 3 aromatic rings. The summed E-state index contributed by atoms with van der Waals surface area (Å²) in [5.74, 6) is -0.116. The van der Waals surface area contributed by atoms with Gasteiger partial charge in [0.15, 0.2) is 5.58 Å². The molecule has 24 heavy (non-hydrogen) atoms. The summed E-state index contributed by atoms with van der Waals surface area (Å²) in [5, 5.41) is 2.88. The summed E-state index contributed by atoms with van der Waals surface area (Å²) in [6, 6.07) is 14.3. The van der Waals surface area contributed by atoms with Gasteiger partial charge in [0.2, 0.25) is 5.91 Å². The number of nitrogens with one attached hydrogen (secondary N) is 1. The third-order valence-electron chi connectivity index (χ3n) is 3.86. The number of nitrogens with zero attached hydrogens (tertiary/aromatic N) is 1. The fourth-order valence-corrected chi connectivity index (χ4v) is 2.70. The Labute approximate surface area is 138 Å². The van der Waals surface area contributed by atoms with E-state index in [1.165, 1.54) is 4.57 Å². The number of hydrogen-bond acceptors (Lipinski definition) is 4. The lowest BCUT2D eigenvalue weighted by Crippen LogP contribution is -2.32. The molecule has 0 aliphatic carbocycles. The van der Waals surface area contributed by atoms with Crippen molar-refractivity contribution in [2.75, 3.05) is 7.11 Å². The van der Waals surface area contributed by atoms with Crippen LogP contribution in [-0.2, 0) is 11.3 Å². The lowest BCUT2D eigenvalue weighted by Gasteiger charge is -2.17. The van der Waals surface area contributed by atoms with Crippen molar-refractivity contribution in [2.24, 2.45) is 0 Å². The fourth-order valence-electron chi connectivity index (χ4n) is 2.70. The summed E-state index contributed by atoms with van der Waals surface area (Å²) in [7, 11) is 1.59. The van der Waals surface area contributed by atoms with Crippen LogP contribution in [0.4, 0.5) is 0 Å². The summed E-state index contributed by atoms with van der Waals surface area (Å²) in [4.78, 5) is 24.3. The average molecular weight is 326 g/mol. The van der Waals surface area contributed by atoms with E-state index in [-0.39, 0.29) is 18.5 Å². The van der Waals surface area contributed by atoms with Crippen LogP contribution in [0.25, 0.3) is 11.1 Å². The predicted molar refractivity (Wildman–Crippen MR) is 90.0 cm³/mol. The molecule has 0 aliphatic rings. The number of hydrogen-bond donors (Lipinski definition) is 1. The Hall–Kier alpha value is -3.02.